The maximum absolute atomic E-state index is 9.05. The first kappa shape index (κ1) is 14.3. The first-order valence-electron chi connectivity index (χ1n) is 5.61. The Balaban J connectivity index is 3.07. The van der Waals surface area contributed by atoms with Gasteiger partial charge in [-0.25, -0.2) is 0 Å². The van der Waals surface area contributed by atoms with Crippen molar-refractivity contribution in [1.82, 2.24) is 0 Å². The van der Waals surface area contributed by atoms with Gasteiger partial charge in [-0.15, -0.1) is 11.8 Å². The van der Waals surface area contributed by atoms with Gasteiger partial charge in [0.2, 0.25) is 0 Å². The zero-order chi connectivity index (χ0) is 12.7. The van der Waals surface area contributed by atoms with E-state index in [2.05, 4.69) is 0 Å². The van der Waals surface area contributed by atoms with Crippen LogP contribution in [0.3, 0.4) is 0 Å². The molecule has 0 atom stereocenters. The van der Waals surface area contributed by atoms with Crippen LogP contribution < -0.4 is 10.6 Å². The Morgan fingerprint density at radius 2 is 1.88 bits per heavy atom. The fraction of sp³-hybridized carbons (Fsp3) is 0.500. The van der Waals surface area contributed by atoms with Crippen LogP contribution in [0.25, 0.3) is 0 Å². The van der Waals surface area contributed by atoms with Crippen LogP contribution in [0.5, 0.6) is 0 Å². The van der Waals surface area contributed by atoms with E-state index in [1.807, 2.05) is 29.4 Å². The van der Waals surface area contributed by atoms with Crippen molar-refractivity contribution in [3.63, 3.8) is 0 Å². The standard InChI is InChI=1S/C12H20N2O2S/c1-17-12-4-2-3-11(10(12)9-13)14(5-7-15)6-8-16/h2-4,15-16H,5-9,13H2,1H3. The van der Waals surface area contributed by atoms with Crippen molar-refractivity contribution in [3.8, 4) is 0 Å². The Labute approximate surface area is 106 Å². The number of hydrogen-bond donors (Lipinski definition) is 3. The molecule has 1 rings (SSSR count). The molecule has 0 bridgehead atoms. The predicted octanol–water partition coefficient (Wildman–Crippen LogP) is 0.658. The lowest BCUT2D eigenvalue weighted by Crippen LogP contribution is -2.31. The van der Waals surface area contributed by atoms with Crippen molar-refractivity contribution < 1.29 is 10.2 Å². The Morgan fingerprint density at radius 1 is 1.24 bits per heavy atom. The quantitative estimate of drug-likeness (QED) is 0.625. The van der Waals surface area contributed by atoms with Crippen LogP contribution in [0.1, 0.15) is 5.56 Å². The molecule has 0 saturated carbocycles. The zero-order valence-electron chi connectivity index (χ0n) is 10.1. The Bertz CT molecular complexity index is 341. The van der Waals surface area contributed by atoms with Gasteiger partial charge < -0.3 is 20.8 Å². The average molecular weight is 256 g/mol. The average Bonchev–Trinajstić information content (AvgIpc) is 2.37. The van der Waals surface area contributed by atoms with E-state index in [9.17, 15) is 0 Å². The van der Waals surface area contributed by atoms with Crippen LogP contribution in [-0.4, -0.2) is 42.8 Å². The normalized spacial score (nSPS) is 10.6. The van der Waals surface area contributed by atoms with Crippen LogP contribution in [-0.2, 0) is 6.54 Å². The summed E-state index contributed by atoms with van der Waals surface area (Å²) in [5.74, 6) is 0. The number of hydrogen-bond acceptors (Lipinski definition) is 5. The van der Waals surface area contributed by atoms with Crippen LogP contribution in [0.15, 0.2) is 23.1 Å². The Morgan fingerprint density at radius 3 is 2.35 bits per heavy atom. The van der Waals surface area contributed by atoms with Crippen molar-refractivity contribution >= 4 is 17.4 Å². The molecule has 96 valence electrons. The van der Waals surface area contributed by atoms with E-state index < -0.39 is 0 Å². The van der Waals surface area contributed by atoms with Crippen LogP contribution in [0.4, 0.5) is 5.69 Å². The molecule has 0 aliphatic rings. The summed E-state index contributed by atoms with van der Waals surface area (Å²) in [6.45, 7) is 1.59. The lowest BCUT2D eigenvalue weighted by atomic mass is 10.1. The molecule has 0 unspecified atom stereocenters. The molecule has 0 saturated heterocycles. The maximum Gasteiger partial charge on any atom is 0.0606 e. The highest BCUT2D eigenvalue weighted by atomic mass is 32.2. The number of nitrogens with two attached hydrogens (primary N) is 1. The Kier molecular flexibility index (Phi) is 6.36. The largest absolute Gasteiger partial charge is 0.395 e. The zero-order valence-corrected chi connectivity index (χ0v) is 10.9. The minimum absolute atomic E-state index is 0.0630. The molecule has 0 fully saturated rings. The highest BCUT2D eigenvalue weighted by molar-refractivity contribution is 7.98. The fourth-order valence-electron chi connectivity index (χ4n) is 1.84. The molecule has 0 radical (unpaired) electrons. The molecule has 1 aromatic carbocycles. The lowest BCUT2D eigenvalue weighted by Gasteiger charge is -2.26. The summed E-state index contributed by atoms with van der Waals surface area (Å²) in [7, 11) is 0. The van der Waals surface area contributed by atoms with Crippen molar-refractivity contribution in [2.24, 2.45) is 5.73 Å². The number of aliphatic hydroxyl groups excluding tert-OH is 2. The van der Waals surface area contributed by atoms with Gasteiger partial charge in [0.25, 0.3) is 0 Å². The molecule has 0 spiro atoms. The molecule has 0 aromatic heterocycles. The fourth-order valence-corrected chi connectivity index (χ4v) is 2.49. The SMILES string of the molecule is CSc1cccc(N(CCO)CCO)c1CN. The minimum Gasteiger partial charge on any atom is -0.395 e. The van der Waals surface area contributed by atoms with Gasteiger partial charge >= 0.3 is 0 Å². The molecule has 0 heterocycles. The molecule has 4 nitrogen and oxygen atoms in total. The smallest absolute Gasteiger partial charge is 0.0606 e. The highest BCUT2D eigenvalue weighted by Gasteiger charge is 2.12. The summed E-state index contributed by atoms with van der Waals surface area (Å²) >= 11 is 1.66. The summed E-state index contributed by atoms with van der Waals surface area (Å²) in [6, 6.07) is 5.99. The molecular formula is C12H20N2O2S. The van der Waals surface area contributed by atoms with Gasteiger partial charge in [0, 0.05) is 35.8 Å². The van der Waals surface area contributed by atoms with Crippen LogP contribution in [0, 0.1) is 0 Å². The molecule has 0 amide bonds. The van der Waals surface area contributed by atoms with Gasteiger partial charge in [0.1, 0.15) is 0 Å². The molecule has 0 aliphatic heterocycles. The molecule has 0 aliphatic carbocycles. The van der Waals surface area contributed by atoms with Crippen molar-refractivity contribution in [1.29, 1.82) is 0 Å². The first-order chi connectivity index (χ1) is 8.28. The van der Waals surface area contributed by atoms with E-state index in [-0.39, 0.29) is 13.2 Å². The minimum atomic E-state index is 0.0630. The third kappa shape index (κ3) is 3.61. The molecular weight excluding hydrogens is 236 g/mol. The van der Waals surface area contributed by atoms with E-state index in [0.717, 1.165) is 16.1 Å². The summed E-state index contributed by atoms with van der Waals surface area (Å²) in [6.07, 6.45) is 2.01. The second-order valence-electron chi connectivity index (χ2n) is 3.60. The van der Waals surface area contributed by atoms with Crippen molar-refractivity contribution in [2.75, 3.05) is 37.5 Å². The molecule has 17 heavy (non-hydrogen) atoms. The Hall–Kier alpha value is -0.750. The second-order valence-corrected chi connectivity index (χ2v) is 4.44. The number of rotatable bonds is 7. The lowest BCUT2D eigenvalue weighted by molar-refractivity contribution is 0.281. The highest BCUT2D eigenvalue weighted by Crippen LogP contribution is 2.29. The molecule has 5 heteroatoms. The van der Waals surface area contributed by atoms with E-state index in [1.165, 1.54) is 0 Å². The number of anilines is 1. The first-order valence-corrected chi connectivity index (χ1v) is 6.83. The van der Waals surface area contributed by atoms with E-state index in [4.69, 9.17) is 15.9 Å². The van der Waals surface area contributed by atoms with Crippen LogP contribution >= 0.6 is 11.8 Å². The van der Waals surface area contributed by atoms with E-state index >= 15 is 0 Å². The van der Waals surface area contributed by atoms with Crippen molar-refractivity contribution in [3.05, 3.63) is 23.8 Å². The van der Waals surface area contributed by atoms with Gasteiger partial charge in [0.15, 0.2) is 0 Å². The number of benzene rings is 1. The third-order valence-corrected chi connectivity index (χ3v) is 3.44. The topological polar surface area (TPSA) is 69.7 Å². The second kappa shape index (κ2) is 7.55. The van der Waals surface area contributed by atoms with Gasteiger partial charge in [-0.2, -0.15) is 0 Å². The monoisotopic (exact) mass is 256 g/mol. The van der Waals surface area contributed by atoms with Gasteiger partial charge in [-0.1, -0.05) is 6.07 Å². The van der Waals surface area contributed by atoms with Gasteiger partial charge in [-0.3, -0.25) is 0 Å². The van der Waals surface area contributed by atoms with E-state index in [1.54, 1.807) is 11.8 Å². The van der Waals surface area contributed by atoms with Gasteiger partial charge in [0.05, 0.1) is 13.2 Å². The van der Waals surface area contributed by atoms with Crippen LogP contribution in [0.2, 0.25) is 0 Å². The molecule has 4 N–H and O–H groups in total. The predicted molar refractivity (Wildman–Crippen MR) is 72.5 cm³/mol. The molecule has 1 aromatic rings. The third-order valence-electron chi connectivity index (χ3n) is 2.61. The number of aliphatic hydroxyl groups is 2. The maximum atomic E-state index is 9.05. The summed E-state index contributed by atoms with van der Waals surface area (Å²) in [5, 5.41) is 18.1. The number of nitrogens with zero attached hydrogens (tertiary/aromatic N) is 1. The van der Waals surface area contributed by atoms with Gasteiger partial charge in [-0.05, 0) is 18.4 Å². The van der Waals surface area contributed by atoms with Crippen molar-refractivity contribution in [2.45, 2.75) is 11.4 Å². The summed E-state index contributed by atoms with van der Waals surface area (Å²) < 4.78 is 0. The summed E-state index contributed by atoms with van der Waals surface area (Å²) in [5.41, 5.74) is 7.87. The van der Waals surface area contributed by atoms with E-state index in [0.29, 0.717) is 19.6 Å². The number of thioether (sulfide) groups is 1. The summed E-state index contributed by atoms with van der Waals surface area (Å²) in [4.78, 5) is 3.10.